The zero-order valence-corrected chi connectivity index (χ0v) is 45.1. The molecule has 2 heterocycles. The molecule has 258 valence electrons. The van der Waals surface area contributed by atoms with Gasteiger partial charge in [0.15, 0.2) is 10.9 Å². The molecule has 24 heteroatoms. The summed E-state index contributed by atoms with van der Waals surface area (Å²) in [5.74, 6) is -3.45. The van der Waals surface area contributed by atoms with Crippen molar-refractivity contribution in [2.24, 2.45) is 0 Å². The largest absolute Gasteiger partial charge is 1.00 e. The van der Waals surface area contributed by atoms with Gasteiger partial charge in [-0.2, -0.15) is 0 Å². The molecule has 0 unspecified atom stereocenters. The topological polar surface area (TPSA) is 270 Å². The van der Waals surface area contributed by atoms with E-state index in [9.17, 15) is 48.5 Å². The summed E-state index contributed by atoms with van der Waals surface area (Å²) in [7, 11) is -8.78. The molecule has 16 nitrogen and oxygen atoms in total. The van der Waals surface area contributed by atoms with Gasteiger partial charge in [-0.3, -0.25) is 9.59 Å². The molecule has 0 fully saturated rings. The van der Waals surface area contributed by atoms with Gasteiger partial charge in [-0.15, -0.1) is 0 Å². The number of benzene rings is 4. The van der Waals surface area contributed by atoms with E-state index in [4.69, 9.17) is 22.8 Å². The number of phosphoric acid groups is 2. The van der Waals surface area contributed by atoms with Crippen LogP contribution in [0.5, 0.6) is 34.5 Å². The van der Waals surface area contributed by atoms with Gasteiger partial charge in [0.2, 0.25) is 0 Å². The van der Waals surface area contributed by atoms with Crippen LogP contribution >= 0.6 is 15.6 Å². The fourth-order valence-corrected chi connectivity index (χ4v) is 5.98. The van der Waals surface area contributed by atoms with Crippen LogP contribution in [0.15, 0.2) is 91.2 Å². The van der Waals surface area contributed by atoms with Crippen LogP contribution in [0.4, 0.5) is 0 Å². The monoisotopic (exact) mass is 858 g/mol. The van der Waals surface area contributed by atoms with Gasteiger partial charge < -0.3 is 66.3 Å². The van der Waals surface area contributed by atoms with Crippen LogP contribution in [0, 0.1) is 0 Å². The molecule has 0 aliphatic heterocycles. The maximum atomic E-state index is 13.4. The molecule has 0 bridgehead atoms. The minimum Gasteiger partial charge on any atom is -0.872 e. The summed E-state index contributed by atoms with van der Waals surface area (Å²) in [6, 6.07) is 14.2. The molecule has 0 aliphatic rings. The summed E-state index contributed by atoms with van der Waals surface area (Å²) in [5, 5.41) is 24.7. The van der Waals surface area contributed by atoms with Crippen molar-refractivity contribution < 1.29 is 244 Å². The Hall–Kier alpha value is 0.400. The Balaban J connectivity index is 0.00000504. The number of ether oxygens (including phenoxy) is 2. The van der Waals surface area contributed by atoms with E-state index < -0.39 is 71.4 Å². The molecule has 0 N–H and O–H groups in total. The number of methoxy groups -OCH3 is 2. The second kappa shape index (κ2) is 23.0. The fraction of sp³-hybridized carbons (Fsp3) is 0.0625. The molecule has 0 saturated carbocycles. The van der Waals surface area contributed by atoms with Crippen LogP contribution in [0.1, 0.15) is 0 Å². The molecular formula is C32H18Na6O16P2. The van der Waals surface area contributed by atoms with E-state index in [0.29, 0.717) is 23.4 Å². The van der Waals surface area contributed by atoms with Crippen LogP contribution < -0.4 is 237 Å². The Morgan fingerprint density at radius 3 is 1.64 bits per heavy atom. The number of hydrogen-bond acceptors (Lipinski definition) is 16. The summed E-state index contributed by atoms with van der Waals surface area (Å²) in [6.07, 6.45) is 0. The van der Waals surface area contributed by atoms with Crippen LogP contribution in [0.2, 0.25) is 0 Å². The number of rotatable bonds is 9. The summed E-state index contributed by atoms with van der Waals surface area (Å²) >= 11 is 0. The fourth-order valence-electron chi connectivity index (χ4n) is 5.23. The molecule has 56 heavy (non-hydrogen) atoms. The third-order valence-electron chi connectivity index (χ3n) is 7.25. The molecule has 4 aromatic carbocycles. The molecule has 6 aromatic rings. The Kier molecular flexibility index (Phi) is 23.2. The van der Waals surface area contributed by atoms with Gasteiger partial charge in [0, 0.05) is 34.9 Å². The maximum Gasteiger partial charge on any atom is 1.00 e. The summed E-state index contributed by atoms with van der Waals surface area (Å²) in [5.41, 5.74) is -2.80. The molecule has 0 saturated heterocycles. The summed E-state index contributed by atoms with van der Waals surface area (Å²) in [6.45, 7) is 0. The first-order valence-corrected chi connectivity index (χ1v) is 16.8. The first kappa shape index (κ1) is 56.4. The molecule has 0 amide bonds. The molecular weight excluding hydrogens is 840 g/mol. The smallest absolute Gasteiger partial charge is 0.872 e. The van der Waals surface area contributed by atoms with Crippen LogP contribution in [0.25, 0.3) is 55.7 Å². The van der Waals surface area contributed by atoms with Crippen molar-refractivity contribution in [3.05, 3.63) is 93.2 Å². The minimum atomic E-state index is -5.85. The van der Waals surface area contributed by atoms with Gasteiger partial charge in [0.25, 0.3) is 0 Å². The van der Waals surface area contributed by atoms with Gasteiger partial charge in [-0.05, 0) is 54.6 Å². The Morgan fingerprint density at radius 1 is 0.554 bits per heavy atom. The molecule has 0 atom stereocenters. The zero-order valence-electron chi connectivity index (χ0n) is 31.4. The maximum absolute atomic E-state index is 13.4. The number of fused-ring (bicyclic) bond motifs is 2. The van der Waals surface area contributed by atoms with Crippen LogP contribution in [-0.2, 0) is 9.13 Å². The van der Waals surface area contributed by atoms with Crippen molar-refractivity contribution in [2.75, 3.05) is 14.2 Å². The van der Waals surface area contributed by atoms with E-state index in [-0.39, 0.29) is 211 Å². The molecule has 0 spiro atoms. The molecule has 6 rings (SSSR count). The van der Waals surface area contributed by atoms with Crippen molar-refractivity contribution >= 4 is 37.6 Å². The van der Waals surface area contributed by atoms with E-state index in [0.717, 1.165) is 18.2 Å². The van der Waals surface area contributed by atoms with Gasteiger partial charge >= 0.3 is 177 Å². The van der Waals surface area contributed by atoms with E-state index in [2.05, 4.69) is 4.52 Å². The predicted octanol–water partition coefficient (Wildman–Crippen LogP) is -16.5. The normalized spacial score (nSPS) is 10.6. The van der Waals surface area contributed by atoms with Crippen LogP contribution in [0.3, 0.4) is 0 Å². The van der Waals surface area contributed by atoms with E-state index in [1.807, 2.05) is 0 Å². The third kappa shape index (κ3) is 13.0. The van der Waals surface area contributed by atoms with Crippen LogP contribution in [-0.4, -0.2) is 14.2 Å². The first-order chi connectivity index (χ1) is 23.5. The Labute approximate surface area is 449 Å². The van der Waals surface area contributed by atoms with Crippen molar-refractivity contribution in [2.45, 2.75) is 0 Å². The third-order valence-corrected chi connectivity index (χ3v) is 8.11. The second-order valence-corrected chi connectivity index (χ2v) is 12.6. The predicted molar refractivity (Wildman–Crippen MR) is 163 cm³/mol. The van der Waals surface area contributed by atoms with Crippen molar-refractivity contribution in [3.63, 3.8) is 0 Å². The van der Waals surface area contributed by atoms with Crippen molar-refractivity contribution in [1.29, 1.82) is 0 Å². The van der Waals surface area contributed by atoms with E-state index >= 15 is 0 Å². The quantitative estimate of drug-likeness (QED) is 0.0965. The molecule has 0 radical (unpaired) electrons. The number of phosphoric ester groups is 2. The van der Waals surface area contributed by atoms with Crippen molar-refractivity contribution in [3.8, 4) is 68.3 Å². The van der Waals surface area contributed by atoms with Gasteiger partial charge in [-0.25, -0.2) is 0 Å². The standard InChI is InChI=1S/C32H24O16P2.6Na/c1-43-17-6-3-15(4-7-17)25-13-22(35)31-23(36)14-28(48-50(40,41)42)29(32(31)46-25)19-9-16(5-8-24(19)44-2)26-12-21(34)30-20(33)10-18(11-27(30)45-26)47-49(37,38)39;;;;;;/h3-14,33,36H,1-2H3,(H2,37,38,39)(H2,40,41,42);;;;;;/q;6*+1/p-6. The minimum absolute atomic E-state index is 0. The van der Waals surface area contributed by atoms with E-state index in [1.54, 1.807) is 24.3 Å². The SMILES string of the molecule is COc1ccc(-c2cc(=O)c3c([O-])cc(OP(=O)([O-])[O-])c(-c4cc(-c5cc(=O)c6c([O-])cc(OP(=O)([O-])[O-])cc6o5)ccc4OC)c3o2)cc1.[Na+].[Na+].[Na+].[Na+].[Na+].[Na+]. The van der Waals surface area contributed by atoms with Gasteiger partial charge in [0.05, 0.1) is 30.6 Å². The van der Waals surface area contributed by atoms with Gasteiger partial charge in [0.1, 0.15) is 61.3 Å². The Bertz CT molecular complexity index is 2550. The summed E-state index contributed by atoms with van der Waals surface area (Å²) in [4.78, 5) is 72.4. The Morgan fingerprint density at radius 2 is 1.09 bits per heavy atom. The first-order valence-electron chi connectivity index (χ1n) is 13.9. The average Bonchev–Trinajstić information content (AvgIpc) is 3.02. The molecule has 2 aromatic heterocycles. The average molecular weight is 858 g/mol. The van der Waals surface area contributed by atoms with Gasteiger partial charge in [-0.1, -0.05) is 11.5 Å². The number of hydrogen-bond donors (Lipinski definition) is 0. The summed E-state index contributed by atoms with van der Waals surface area (Å²) < 4.78 is 54.4. The van der Waals surface area contributed by atoms with E-state index in [1.165, 1.54) is 32.4 Å². The second-order valence-electron chi connectivity index (χ2n) is 10.4. The zero-order chi connectivity index (χ0) is 36.1. The van der Waals surface area contributed by atoms with Crippen molar-refractivity contribution in [1.82, 2.24) is 0 Å². The molecule has 0 aliphatic carbocycles.